The van der Waals surface area contributed by atoms with Gasteiger partial charge in [-0.1, -0.05) is 56.3 Å². The molecule has 0 atom stereocenters. The van der Waals surface area contributed by atoms with Crippen LogP contribution in [0.1, 0.15) is 40.0 Å². The van der Waals surface area contributed by atoms with Crippen LogP contribution in [-0.4, -0.2) is 85.9 Å². The number of carbonyl (C=O) groups is 2. The van der Waals surface area contributed by atoms with Crippen molar-refractivity contribution in [2.24, 2.45) is 0 Å². The number of aromatic nitrogens is 1. The first kappa shape index (κ1) is 47.1. The number of hydrogen-bond donors (Lipinski definition) is 5. The molecule has 1 aromatic heterocycles. The Morgan fingerprint density at radius 1 is 0.636 bits per heavy atom. The zero-order valence-corrected chi connectivity index (χ0v) is 37.5. The summed E-state index contributed by atoms with van der Waals surface area (Å²) in [5.74, 6) is -1.43. The fraction of sp³-hybridized carbons (Fsp3) is 0.288. The number of piperidine rings is 1. The molecule has 5 N–H and O–H groups in total. The number of pyridine rings is 1. The van der Waals surface area contributed by atoms with Crippen LogP contribution in [0.15, 0.2) is 109 Å². The Balaban J connectivity index is 0.000000190. The number of aromatic hydroxyl groups is 2. The molecule has 9 rings (SSSR count). The zero-order valence-electron chi connectivity index (χ0n) is 37.5. The highest BCUT2D eigenvalue weighted by Crippen LogP contribution is 2.42. The number of halogens is 3. The number of para-hydroxylation sites is 1. The Morgan fingerprint density at radius 2 is 1.21 bits per heavy atom. The van der Waals surface area contributed by atoms with Crippen LogP contribution in [-0.2, 0) is 9.59 Å². The van der Waals surface area contributed by atoms with E-state index in [4.69, 9.17) is 0 Å². The number of piperazine rings is 2. The fourth-order valence-corrected chi connectivity index (χ4v) is 8.42. The Bertz CT molecular complexity index is 2670. The molecule has 0 unspecified atom stereocenters. The Hall–Kier alpha value is -6.90. The second-order valence-corrected chi connectivity index (χ2v) is 16.0. The molecule has 6 aromatic rings. The maximum Gasteiger partial charge on any atom is 0.227 e. The molecule has 11 nitrogen and oxygen atoms in total. The van der Waals surface area contributed by atoms with Gasteiger partial charge in [-0.3, -0.25) is 9.59 Å². The summed E-state index contributed by atoms with van der Waals surface area (Å²) in [5, 5.41) is 31.1. The summed E-state index contributed by atoms with van der Waals surface area (Å²) in [6.07, 6.45) is 3.81. The number of anilines is 4. The maximum absolute atomic E-state index is 15.0. The van der Waals surface area contributed by atoms with Crippen LogP contribution in [0.5, 0.6) is 11.5 Å². The van der Waals surface area contributed by atoms with Crippen LogP contribution in [0.25, 0.3) is 44.5 Å². The van der Waals surface area contributed by atoms with E-state index in [1.54, 1.807) is 30.5 Å². The monoisotopic (exact) mass is 899 g/mol. The summed E-state index contributed by atoms with van der Waals surface area (Å²) in [5.41, 5.74) is 5.57. The topological polar surface area (TPSA) is 133 Å². The van der Waals surface area contributed by atoms with Crippen molar-refractivity contribution in [2.45, 2.75) is 40.0 Å². The molecule has 0 saturated carbocycles. The van der Waals surface area contributed by atoms with Gasteiger partial charge in [0.05, 0.1) is 11.4 Å². The standard InChI is InChI=1S/C27H28FN3O2.C23H22F2N4O2.C2H6/c28-24-18-20(10-11-25(24)31-14-2-1-9-26(31)32)23-8-4-7-22(27(23)33)19-5-3-6-21(17-19)30-15-12-29-13-16-30;1-14(30)28-21-3-2-15(10-20(21)25)18-12-17(24)13-19(23(18)31)16-4-5-27-22(11-16)29-8-6-26-7-9-29;1-2/h3-8,10-11,17-18,29,33H,1-2,9,12-16H2;2-5,10-13,26,31H,6-9H2,1H3,(H,28,30);1-2H3. The van der Waals surface area contributed by atoms with Crippen LogP contribution in [0, 0.1) is 17.5 Å². The van der Waals surface area contributed by atoms with Crippen molar-refractivity contribution < 1.29 is 33.0 Å². The minimum absolute atomic E-state index is 0.0159. The molecule has 344 valence electrons. The number of phenols is 2. The van der Waals surface area contributed by atoms with E-state index in [2.05, 4.69) is 42.9 Å². The highest BCUT2D eigenvalue weighted by Gasteiger charge is 2.24. The molecule has 0 spiro atoms. The summed E-state index contributed by atoms with van der Waals surface area (Å²) in [7, 11) is 0. The van der Waals surface area contributed by atoms with E-state index in [1.165, 1.54) is 36.1 Å². The first-order valence-electron chi connectivity index (χ1n) is 22.5. The average molecular weight is 900 g/mol. The smallest absolute Gasteiger partial charge is 0.227 e. The molecule has 3 aliphatic heterocycles. The SMILES string of the molecule is CC.CC(=O)Nc1ccc(-c2cc(F)cc(-c3ccnc(N4CCNCC4)c3)c2O)cc1F.O=C1CCCCN1c1ccc(-c2cccc(-c3cccc(N4CCNCC4)c3)c2O)cc1F. The van der Waals surface area contributed by atoms with Gasteiger partial charge in [0.2, 0.25) is 11.8 Å². The van der Waals surface area contributed by atoms with Gasteiger partial charge >= 0.3 is 0 Å². The molecule has 0 aliphatic carbocycles. The van der Waals surface area contributed by atoms with Crippen LogP contribution in [0.4, 0.5) is 36.1 Å². The Labute approximate surface area is 383 Å². The molecular weight excluding hydrogens is 844 g/mol. The number of nitrogens with zero attached hydrogens (tertiary/aromatic N) is 4. The first-order chi connectivity index (χ1) is 32.0. The molecule has 5 aromatic carbocycles. The number of carbonyl (C=O) groups excluding carboxylic acids is 2. The number of hydrogen-bond acceptors (Lipinski definition) is 9. The van der Waals surface area contributed by atoms with Crippen molar-refractivity contribution in [1.82, 2.24) is 15.6 Å². The number of amides is 2. The van der Waals surface area contributed by atoms with Crippen molar-refractivity contribution >= 4 is 34.7 Å². The van der Waals surface area contributed by atoms with Crippen molar-refractivity contribution in [3.8, 4) is 56.0 Å². The predicted molar refractivity (Wildman–Crippen MR) is 258 cm³/mol. The summed E-state index contributed by atoms with van der Waals surface area (Å²) >= 11 is 0. The summed E-state index contributed by atoms with van der Waals surface area (Å²) in [4.78, 5) is 33.8. The minimum atomic E-state index is -0.678. The largest absolute Gasteiger partial charge is 0.507 e. The second-order valence-electron chi connectivity index (χ2n) is 16.0. The molecule has 3 saturated heterocycles. The highest BCUT2D eigenvalue weighted by molar-refractivity contribution is 5.95. The Kier molecular flexibility index (Phi) is 15.6. The number of benzene rings is 5. The third-order valence-corrected chi connectivity index (χ3v) is 11.7. The predicted octanol–water partition coefficient (Wildman–Crippen LogP) is 9.59. The van der Waals surface area contributed by atoms with E-state index >= 15 is 4.39 Å². The second kappa shape index (κ2) is 21.9. The molecule has 14 heteroatoms. The molecule has 2 amide bonds. The van der Waals surface area contributed by atoms with Gasteiger partial charge in [0.15, 0.2) is 0 Å². The van der Waals surface area contributed by atoms with Gasteiger partial charge in [-0.15, -0.1) is 0 Å². The van der Waals surface area contributed by atoms with Gasteiger partial charge < -0.3 is 40.9 Å². The van der Waals surface area contributed by atoms with E-state index < -0.39 is 23.4 Å². The van der Waals surface area contributed by atoms with E-state index in [-0.39, 0.29) is 28.7 Å². The summed E-state index contributed by atoms with van der Waals surface area (Å²) < 4.78 is 43.9. The third-order valence-electron chi connectivity index (χ3n) is 11.7. The lowest BCUT2D eigenvalue weighted by Crippen LogP contribution is -2.43. The Morgan fingerprint density at radius 3 is 1.85 bits per heavy atom. The fourth-order valence-electron chi connectivity index (χ4n) is 8.42. The van der Waals surface area contributed by atoms with E-state index in [1.807, 2.05) is 44.2 Å². The van der Waals surface area contributed by atoms with Gasteiger partial charge in [0.1, 0.15) is 34.8 Å². The van der Waals surface area contributed by atoms with E-state index in [0.717, 1.165) is 94.4 Å². The maximum atomic E-state index is 15.0. The lowest BCUT2D eigenvalue weighted by molar-refractivity contribution is -0.119. The van der Waals surface area contributed by atoms with Crippen molar-refractivity contribution in [2.75, 3.05) is 78.9 Å². The molecule has 3 aliphatic rings. The normalized spacial score (nSPS) is 15.0. The third kappa shape index (κ3) is 11.0. The number of phenolic OH excluding ortho intramolecular Hbond substituents is 2. The summed E-state index contributed by atoms with van der Waals surface area (Å²) in [6.45, 7) is 12.9. The molecule has 0 radical (unpaired) electrons. The molecule has 66 heavy (non-hydrogen) atoms. The van der Waals surface area contributed by atoms with Gasteiger partial charge in [-0.2, -0.15) is 0 Å². The first-order valence-corrected chi connectivity index (χ1v) is 22.5. The van der Waals surface area contributed by atoms with Gasteiger partial charge in [0.25, 0.3) is 0 Å². The van der Waals surface area contributed by atoms with Crippen LogP contribution in [0.2, 0.25) is 0 Å². The quantitative estimate of drug-likeness (QED) is 0.101. The molecule has 4 heterocycles. The minimum Gasteiger partial charge on any atom is -0.507 e. The van der Waals surface area contributed by atoms with Gasteiger partial charge in [-0.05, 0) is 95.8 Å². The lowest BCUT2D eigenvalue weighted by atomic mass is 9.96. The highest BCUT2D eigenvalue weighted by atomic mass is 19.1. The number of rotatable bonds is 8. The average Bonchev–Trinajstić information content (AvgIpc) is 3.34. The van der Waals surface area contributed by atoms with E-state index in [9.17, 15) is 28.6 Å². The molecule has 3 fully saturated rings. The van der Waals surface area contributed by atoms with Crippen molar-refractivity contribution in [3.63, 3.8) is 0 Å². The van der Waals surface area contributed by atoms with Gasteiger partial charge in [0, 0.05) is 106 Å². The van der Waals surface area contributed by atoms with Crippen LogP contribution in [0.3, 0.4) is 0 Å². The number of nitrogens with one attached hydrogen (secondary N) is 3. The van der Waals surface area contributed by atoms with Crippen molar-refractivity contribution in [1.29, 1.82) is 0 Å². The lowest BCUT2D eigenvalue weighted by Gasteiger charge is -2.29. The zero-order chi connectivity index (χ0) is 46.7. The summed E-state index contributed by atoms with van der Waals surface area (Å²) in [6, 6.07) is 28.5. The van der Waals surface area contributed by atoms with Crippen molar-refractivity contribution in [3.05, 3.63) is 127 Å². The van der Waals surface area contributed by atoms with E-state index in [0.29, 0.717) is 52.0 Å². The van der Waals surface area contributed by atoms with Gasteiger partial charge in [-0.25, -0.2) is 18.2 Å². The molecule has 0 bridgehead atoms. The van der Waals surface area contributed by atoms with Crippen LogP contribution < -0.4 is 30.7 Å². The molecular formula is C52H56F3N7O4. The van der Waals surface area contributed by atoms with Crippen LogP contribution >= 0.6 is 0 Å².